The third kappa shape index (κ3) is 5.14. The first-order chi connectivity index (χ1) is 9.23. The zero-order valence-corrected chi connectivity index (χ0v) is 10.9. The lowest BCUT2D eigenvalue weighted by Gasteiger charge is -2.16. The van der Waals surface area contributed by atoms with Gasteiger partial charge in [-0.15, -0.1) is 13.2 Å². The van der Waals surface area contributed by atoms with Gasteiger partial charge in [-0.3, -0.25) is 0 Å². The summed E-state index contributed by atoms with van der Waals surface area (Å²) >= 11 is 5.70. The number of aliphatic carboxylic acids is 1. The summed E-state index contributed by atoms with van der Waals surface area (Å²) in [5.74, 6) is -1.92. The molecule has 0 aliphatic heterocycles. The minimum absolute atomic E-state index is 0.0920. The van der Waals surface area contributed by atoms with Crippen molar-refractivity contribution >= 4 is 17.6 Å². The number of ether oxygens (including phenoxy) is 3. The second-order valence-electron chi connectivity index (χ2n) is 3.54. The zero-order chi connectivity index (χ0) is 15.3. The van der Waals surface area contributed by atoms with Crippen molar-refractivity contribution in [3.8, 4) is 11.5 Å². The second-order valence-corrected chi connectivity index (χ2v) is 3.95. The maximum atomic E-state index is 12.0. The average molecular weight is 315 g/mol. The molecule has 1 unspecified atom stereocenters. The summed E-state index contributed by atoms with van der Waals surface area (Å²) in [5.41, 5.74) is 0. The van der Waals surface area contributed by atoms with Gasteiger partial charge in [0.2, 0.25) is 6.10 Å². The van der Waals surface area contributed by atoms with Crippen LogP contribution in [0.4, 0.5) is 13.2 Å². The molecule has 1 aromatic rings. The van der Waals surface area contributed by atoms with Crippen molar-refractivity contribution < 1.29 is 37.3 Å². The normalized spacial score (nSPS) is 12.8. The molecule has 0 heterocycles. The van der Waals surface area contributed by atoms with Gasteiger partial charge in [0, 0.05) is 13.2 Å². The fourth-order valence-electron chi connectivity index (χ4n) is 1.23. The number of carboxylic acids is 1. The molecule has 0 fully saturated rings. The minimum atomic E-state index is -4.84. The largest absolute Gasteiger partial charge is 0.573 e. The summed E-state index contributed by atoms with van der Waals surface area (Å²) in [4.78, 5) is 10.8. The highest BCUT2D eigenvalue weighted by Gasteiger charge is 2.31. The highest BCUT2D eigenvalue weighted by molar-refractivity contribution is 6.32. The molecule has 0 aliphatic carbocycles. The van der Waals surface area contributed by atoms with E-state index in [2.05, 4.69) is 9.47 Å². The molecule has 0 spiro atoms. The van der Waals surface area contributed by atoms with Crippen LogP contribution in [-0.2, 0) is 9.53 Å². The van der Waals surface area contributed by atoms with E-state index in [1.807, 2.05) is 0 Å². The van der Waals surface area contributed by atoms with Crippen molar-refractivity contribution in [1.82, 2.24) is 0 Å². The lowest BCUT2D eigenvalue weighted by Crippen LogP contribution is -2.31. The van der Waals surface area contributed by atoms with E-state index in [1.54, 1.807) is 0 Å². The Balaban J connectivity index is 2.84. The predicted octanol–water partition coefficient (Wildman–Crippen LogP) is 2.72. The van der Waals surface area contributed by atoms with Crippen LogP contribution in [0.15, 0.2) is 18.2 Å². The molecular weight excluding hydrogens is 305 g/mol. The summed E-state index contributed by atoms with van der Waals surface area (Å²) < 4.78 is 49.3. The molecular formula is C11H10ClF3O5. The van der Waals surface area contributed by atoms with E-state index in [4.69, 9.17) is 21.4 Å². The Morgan fingerprint density at radius 1 is 1.45 bits per heavy atom. The Labute approximate surface area is 116 Å². The van der Waals surface area contributed by atoms with Gasteiger partial charge in [-0.1, -0.05) is 11.6 Å². The molecule has 1 atom stereocenters. The first kappa shape index (κ1) is 16.4. The summed E-state index contributed by atoms with van der Waals surface area (Å²) in [6.07, 6.45) is -6.17. The molecule has 0 radical (unpaired) electrons. The highest BCUT2D eigenvalue weighted by atomic mass is 35.5. The van der Waals surface area contributed by atoms with Crippen LogP contribution in [0.5, 0.6) is 11.5 Å². The van der Waals surface area contributed by atoms with E-state index >= 15 is 0 Å². The van der Waals surface area contributed by atoms with Crippen molar-refractivity contribution in [1.29, 1.82) is 0 Å². The Hall–Kier alpha value is -1.67. The zero-order valence-electron chi connectivity index (χ0n) is 10.1. The fourth-order valence-corrected chi connectivity index (χ4v) is 1.45. The molecule has 1 aromatic carbocycles. The van der Waals surface area contributed by atoms with Crippen LogP contribution in [-0.4, -0.2) is 37.3 Å². The molecule has 0 amide bonds. The van der Waals surface area contributed by atoms with Crippen LogP contribution >= 0.6 is 11.6 Å². The van der Waals surface area contributed by atoms with E-state index in [-0.39, 0.29) is 17.4 Å². The first-order valence-electron chi connectivity index (χ1n) is 5.16. The molecule has 1 rings (SSSR count). The predicted molar refractivity (Wildman–Crippen MR) is 62.1 cm³/mol. The smallest absolute Gasteiger partial charge is 0.478 e. The third-order valence-electron chi connectivity index (χ3n) is 2.00. The Morgan fingerprint density at radius 3 is 2.55 bits per heavy atom. The van der Waals surface area contributed by atoms with Crippen LogP contribution < -0.4 is 9.47 Å². The van der Waals surface area contributed by atoms with Gasteiger partial charge in [0.1, 0.15) is 11.5 Å². The average Bonchev–Trinajstić information content (AvgIpc) is 2.29. The van der Waals surface area contributed by atoms with Crippen molar-refractivity contribution in [3.05, 3.63) is 23.2 Å². The molecule has 9 heteroatoms. The SMILES string of the molecule is COCC(Oc1ccc(OC(F)(F)F)cc1Cl)C(=O)O. The van der Waals surface area contributed by atoms with Crippen LogP contribution in [0, 0.1) is 0 Å². The van der Waals surface area contributed by atoms with Gasteiger partial charge >= 0.3 is 12.3 Å². The second kappa shape index (κ2) is 6.67. The van der Waals surface area contributed by atoms with E-state index in [1.165, 1.54) is 7.11 Å². The molecule has 0 aromatic heterocycles. The van der Waals surface area contributed by atoms with Gasteiger partial charge in [-0.2, -0.15) is 0 Å². The van der Waals surface area contributed by atoms with Crippen LogP contribution in [0.1, 0.15) is 0 Å². The van der Waals surface area contributed by atoms with Crippen LogP contribution in [0.25, 0.3) is 0 Å². The van der Waals surface area contributed by atoms with Crippen molar-refractivity contribution in [2.45, 2.75) is 12.5 Å². The topological polar surface area (TPSA) is 65.0 Å². The van der Waals surface area contributed by atoms with E-state index in [0.29, 0.717) is 0 Å². The van der Waals surface area contributed by atoms with Gasteiger partial charge in [0.25, 0.3) is 0 Å². The maximum absolute atomic E-state index is 12.0. The maximum Gasteiger partial charge on any atom is 0.573 e. The number of methoxy groups -OCH3 is 1. The lowest BCUT2D eigenvalue weighted by atomic mass is 10.3. The monoisotopic (exact) mass is 314 g/mol. The molecule has 1 N–H and O–H groups in total. The van der Waals surface area contributed by atoms with E-state index in [9.17, 15) is 18.0 Å². The number of carboxylic acid groups (broad SMARTS) is 1. The van der Waals surface area contributed by atoms with Crippen molar-refractivity contribution in [3.63, 3.8) is 0 Å². The molecule has 5 nitrogen and oxygen atoms in total. The number of rotatable bonds is 6. The number of alkyl halides is 3. The molecule has 0 aliphatic rings. The number of hydrogen-bond acceptors (Lipinski definition) is 4. The van der Waals surface area contributed by atoms with Crippen molar-refractivity contribution in [2.24, 2.45) is 0 Å². The van der Waals surface area contributed by atoms with Crippen LogP contribution in [0.3, 0.4) is 0 Å². The summed E-state index contributed by atoms with van der Waals surface area (Å²) in [6.45, 7) is -0.244. The lowest BCUT2D eigenvalue weighted by molar-refractivity contribution is -0.274. The van der Waals surface area contributed by atoms with Gasteiger partial charge < -0.3 is 19.3 Å². The molecule has 20 heavy (non-hydrogen) atoms. The van der Waals surface area contributed by atoms with E-state index < -0.39 is 24.2 Å². The van der Waals surface area contributed by atoms with Gasteiger partial charge in [-0.05, 0) is 12.1 Å². The first-order valence-corrected chi connectivity index (χ1v) is 5.54. The van der Waals surface area contributed by atoms with E-state index in [0.717, 1.165) is 18.2 Å². The minimum Gasteiger partial charge on any atom is -0.478 e. The van der Waals surface area contributed by atoms with Crippen molar-refractivity contribution in [2.75, 3.05) is 13.7 Å². The van der Waals surface area contributed by atoms with Crippen LogP contribution in [0.2, 0.25) is 5.02 Å². The number of halogens is 4. The standard InChI is InChI=1S/C11H10ClF3O5/c1-18-5-9(10(16)17)19-8-3-2-6(4-7(8)12)20-11(13,14)15/h2-4,9H,5H2,1H3,(H,16,17). The highest BCUT2D eigenvalue weighted by Crippen LogP contribution is 2.32. The van der Waals surface area contributed by atoms with Gasteiger partial charge in [0.15, 0.2) is 0 Å². The number of carbonyl (C=O) groups is 1. The molecule has 0 bridgehead atoms. The Bertz CT molecular complexity index is 478. The van der Waals surface area contributed by atoms with Gasteiger partial charge in [0.05, 0.1) is 11.6 Å². The Morgan fingerprint density at radius 2 is 2.10 bits per heavy atom. The quantitative estimate of drug-likeness (QED) is 0.874. The Kier molecular flexibility index (Phi) is 5.46. The number of benzene rings is 1. The molecule has 0 saturated heterocycles. The summed E-state index contributed by atoms with van der Waals surface area (Å²) in [5, 5.41) is 8.63. The number of hydrogen-bond donors (Lipinski definition) is 1. The molecule has 0 saturated carbocycles. The fraction of sp³-hybridized carbons (Fsp3) is 0.364. The summed E-state index contributed by atoms with van der Waals surface area (Å²) in [6, 6.07) is 2.91. The molecule has 112 valence electrons. The van der Waals surface area contributed by atoms with Gasteiger partial charge in [-0.25, -0.2) is 4.79 Å². The third-order valence-corrected chi connectivity index (χ3v) is 2.29. The summed E-state index contributed by atoms with van der Waals surface area (Å²) in [7, 11) is 1.28.